The molecule has 0 saturated heterocycles. The normalized spacial score (nSPS) is 12.0. The molecule has 0 atom stereocenters. The Hall–Kier alpha value is -5.02. The molecular weight excluding hydrogens is 486 g/mol. The predicted molar refractivity (Wildman–Crippen MR) is 170 cm³/mol. The van der Waals surface area contributed by atoms with E-state index in [-0.39, 0.29) is 0 Å². The first-order chi connectivity index (χ1) is 19.7. The number of pyridine rings is 2. The molecule has 0 aliphatic rings. The Bertz CT molecular complexity index is 2130. The van der Waals surface area contributed by atoms with Crippen LogP contribution in [-0.4, -0.2) is 9.97 Å². The van der Waals surface area contributed by atoms with E-state index in [2.05, 4.69) is 116 Å². The molecule has 3 nitrogen and oxygen atoms in total. The van der Waals surface area contributed by atoms with Gasteiger partial charge in [0.15, 0.2) is 0 Å². The number of nitrogens with zero attached hydrogens (tertiary/aromatic N) is 3. The summed E-state index contributed by atoms with van der Waals surface area (Å²) < 4.78 is 0. The third-order valence-electron chi connectivity index (χ3n) is 8.21. The highest BCUT2D eigenvalue weighted by atomic mass is 15.2. The number of para-hydroxylation sites is 2. The van der Waals surface area contributed by atoms with Crippen LogP contribution in [0, 0.1) is 0 Å². The summed E-state index contributed by atoms with van der Waals surface area (Å²) in [5.74, 6) is 0.452. The van der Waals surface area contributed by atoms with E-state index in [0.29, 0.717) is 5.92 Å². The van der Waals surface area contributed by atoms with Crippen molar-refractivity contribution in [1.29, 1.82) is 0 Å². The smallest absolute Gasteiger partial charge is 0.0703 e. The minimum Gasteiger partial charge on any atom is -0.307 e. The van der Waals surface area contributed by atoms with Gasteiger partial charge in [0.05, 0.1) is 40.5 Å². The second-order valence-corrected chi connectivity index (χ2v) is 10.9. The zero-order valence-corrected chi connectivity index (χ0v) is 22.5. The van der Waals surface area contributed by atoms with Crippen LogP contribution in [0.4, 0.5) is 17.1 Å². The molecule has 0 bridgehead atoms. The van der Waals surface area contributed by atoms with Crippen molar-refractivity contribution in [2.45, 2.75) is 19.8 Å². The molecule has 40 heavy (non-hydrogen) atoms. The molecule has 0 spiro atoms. The van der Waals surface area contributed by atoms with Gasteiger partial charge in [-0.25, -0.2) is 0 Å². The van der Waals surface area contributed by atoms with Gasteiger partial charge in [0, 0.05) is 16.2 Å². The summed E-state index contributed by atoms with van der Waals surface area (Å²) in [6.07, 6.45) is 3.96. The van der Waals surface area contributed by atoms with E-state index in [9.17, 15) is 0 Å². The second kappa shape index (κ2) is 8.75. The van der Waals surface area contributed by atoms with Crippen LogP contribution in [0.25, 0.3) is 54.1 Å². The molecule has 0 saturated carbocycles. The molecule has 3 heteroatoms. The van der Waals surface area contributed by atoms with Crippen LogP contribution in [-0.2, 0) is 0 Å². The van der Waals surface area contributed by atoms with E-state index in [4.69, 9.17) is 9.97 Å². The van der Waals surface area contributed by atoms with Crippen LogP contribution >= 0.6 is 0 Å². The van der Waals surface area contributed by atoms with Gasteiger partial charge in [0.25, 0.3) is 0 Å². The van der Waals surface area contributed by atoms with E-state index in [1.807, 2.05) is 24.5 Å². The highest BCUT2D eigenvalue weighted by Crippen LogP contribution is 2.45. The first kappa shape index (κ1) is 22.9. The lowest BCUT2D eigenvalue weighted by Gasteiger charge is -2.27. The van der Waals surface area contributed by atoms with E-state index in [1.54, 1.807) is 0 Å². The molecule has 0 N–H and O–H groups in total. The standard InChI is InChI=1S/C37H27N3/c1-23(2)30-15-11-24-13-17-32-35(18-14-25-12-16-31(30)36(24)37(25)32)40(28-19-26-7-3-5-9-33(26)38-21-28)29-20-27-8-4-6-10-34(27)39-22-29/h3-23H,1-2H3. The number of hydrogen-bond acceptors (Lipinski definition) is 3. The summed E-state index contributed by atoms with van der Waals surface area (Å²) in [6, 6.07) is 39.2. The van der Waals surface area contributed by atoms with Gasteiger partial charge in [-0.05, 0) is 68.7 Å². The second-order valence-electron chi connectivity index (χ2n) is 10.9. The van der Waals surface area contributed by atoms with Crippen molar-refractivity contribution in [2.24, 2.45) is 0 Å². The Kier molecular flexibility index (Phi) is 5.02. The molecule has 8 rings (SSSR count). The Morgan fingerprint density at radius 3 is 1.68 bits per heavy atom. The fourth-order valence-corrected chi connectivity index (χ4v) is 6.30. The van der Waals surface area contributed by atoms with Crippen LogP contribution in [0.15, 0.2) is 122 Å². The van der Waals surface area contributed by atoms with Gasteiger partial charge in [0.1, 0.15) is 0 Å². The van der Waals surface area contributed by atoms with Gasteiger partial charge >= 0.3 is 0 Å². The van der Waals surface area contributed by atoms with E-state index in [0.717, 1.165) is 38.9 Å². The number of rotatable bonds is 4. The predicted octanol–water partition coefficient (Wildman–Crippen LogP) is 10.3. The first-order valence-corrected chi connectivity index (χ1v) is 13.9. The van der Waals surface area contributed by atoms with Gasteiger partial charge in [0.2, 0.25) is 0 Å². The molecule has 0 unspecified atom stereocenters. The lowest BCUT2D eigenvalue weighted by atomic mass is 9.88. The molecule has 0 aliphatic heterocycles. The van der Waals surface area contributed by atoms with Crippen molar-refractivity contribution in [3.05, 3.63) is 127 Å². The van der Waals surface area contributed by atoms with Crippen molar-refractivity contribution in [3.63, 3.8) is 0 Å². The fourth-order valence-electron chi connectivity index (χ4n) is 6.30. The molecule has 8 aromatic rings. The Balaban J connectivity index is 1.46. The maximum absolute atomic E-state index is 4.85. The molecule has 0 fully saturated rings. The first-order valence-electron chi connectivity index (χ1n) is 13.9. The minimum atomic E-state index is 0.452. The van der Waals surface area contributed by atoms with Crippen LogP contribution in [0.3, 0.4) is 0 Å². The highest BCUT2D eigenvalue weighted by molar-refractivity contribution is 6.26. The molecule has 0 radical (unpaired) electrons. The van der Waals surface area contributed by atoms with Crippen LogP contribution in [0.5, 0.6) is 0 Å². The summed E-state index contributed by atoms with van der Waals surface area (Å²) in [5.41, 5.74) is 6.49. The van der Waals surface area contributed by atoms with Gasteiger partial charge in [-0.3, -0.25) is 9.97 Å². The van der Waals surface area contributed by atoms with E-state index in [1.165, 1.54) is 37.9 Å². The third-order valence-corrected chi connectivity index (χ3v) is 8.21. The Morgan fingerprint density at radius 2 is 1.05 bits per heavy atom. The van der Waals surface area contributed by atoms with Crippen molar-refractivity contribution in [3.8, 4) is 0 Å². The summed E-state index contributed by atoms with van der Waals surface area (Å²) in [6.45, 7) is 4.55. The molecule has 6 aromatic carbocycles. The molecule has 2 heterocycles. The number of fused-ring (bicyclic) bond motifs is 2. The SMILES string of the molecule is CC(C)c1ccc2ccc3c(N(c4cnc5ccccc5c4)c4cnc5ccccc5c4)ccc4ccc1c2c43. The zero-order valence-electron chi connectivity index (χ0n) is 22.5. The van der Waals surface area contributed by atoms with Crippen LogP contribution in [0.2, 0.25) is 0 Å². The maximum Gasteiger partial charge on any atom is 0.0703 e. The lowest BCUT2D eigenvalue weighted by molar-refractivity contribution is 0.877. The fraction of sp³-hybridized carbons (Fsp3) is 0.0811. The van der Waals surface area contributed by atoms with Crippen molar-refractivity contribution in [2.75, 3.05) is 4.90 Å². The van der Waals surface area contributed by atoms with Gasteiger partial charge < -0.3 is 4.90 Å². The summed E-state index contributed by atoms with van der Waals surface area (Å²) in [7, 11) is 0. The van der Waals surface area contributed by atoms with Crippen molar-refractivity contribution >= 4 is 71.2 Å². The topological polar surface area (TPSA) is 29.0 Å². The number of hydrogen-bond donors (Lipinski definition) is 0. The Labute approximate surface area is 232 Å². The van der Waals surface area contributed by atoms with Crippen LogP contribution < -0.4 is 4.90 Å². The number of benzene rings is 6. The largest absolute Gasteiger partial charge is 0.307 e. The van der Waals surface area contributed by atoms with Crippen LogP contribution in [0.1, 0.15) is 25.3 Å². The Morgan fingerprint density at radius 1 is 0.525 bits per heavy atom. The average molecular weight is 514 g/mol. The quantitative estimate of drug-likeness (QED) is 0.219. The number of anilines is 3. The summed E-state index contributed by atoms with van der Waals surface area (Å²) in [4.78, 5) is 12.0. The molecule has 0 aliphatic carbocycles. The van der Waals surface area contributed by atoms with Gasteiger partial charge in [-0.2, -0.15) is 0 Å². The zero-order chi connectivity index (χ0) is 26.8. The van der Waals surface area contributed by atoms with E-state index >= 15 is 0 Å². The molecule has 0 amide bonds. The van der Waals surface area contributed by atoms with Crippen molar-refractivity contribution < 1.29 is 0 Å². The maximum atomic E-state index is 4.85. The molecule has 2 aromatic heterocycles. The van der Waals surface area contributed by atoms with Crippen molar-refractivity contribution in [1.82, 2.24) is 9.97 Å². The van der Waals surface area contributed by atoms with Gasteiger partial charge in [-0.15, -0.1) is 0 Å². The molecular formula is C37H27N3. The monoisotopic (exact) mass is 513 g/mol. The third kappa shape index (κ3) is 3.44. The summed E-state index contributed by atoms with van der Waals surface area (Å²) >= 11 is 0. The lowest BCUT2D eigenvalue weighted by Crippen LogP contribution is -2.11. The number of aromatic nitrogens is 2. The van der Waals surface area contributed by atoms with Gasteiger partial charge in [-0.1, -0.05) is 92.7 Å². The molecule has 190 valence electrons. The average Bonchev–Trinajstić information content (AvgIpc) is 3.00. The summed E-state index contributed by atoms with van der Waals surface area (Å²) in [5, 5.41) is 9.97. The highest BCUT2D eigenvalue weighted by Gasteiger charge is 2.20. The minimum absolute atomic E-state index is 0.452. The van der Waals surface area contributed by atoms with E-state index < -0.39 is 0 Å².